The third-order valence-corrected chi connectivity index (χ3v) is 10.2. The summed E-state index contributed by atoms with van der Waals surface area (Å²) in [5.74, 6) is 1.81. The minimum Gasteiger partial charge on any atom is -0.0966 e. The Morgan fingerprint density at radius 1 is 0.442 bits per heavy atom. The van der Waals surface area contributed by atoms with Crippen molar-refractivity contribution in [3.8, 4) is 33.4 Å². The Hall–Kier alpha value is -1.89. The number of halogens is 7. The highest BCUT2D eigenvalue weighted by atomic mass is 80.9. The lowest BCUT2D eigenvalue weighted by molar-refractivity contribution is 0.660. The Morgan fingerprint density at radius 3 is 1.12 bits per heavy atom. The lowest BCUT2D eigenvalue weighted by Gasteiger charge is -2.21. The molecule has 0 spiro atoms. The lowest BCUT2D eigenvalue weighted by Crippen LogP contribution is -2.14. The molecule has 0 amide bonds. The summed E-state index contributed by atoms with van der Waals surface area (Å²) in [7, 11) is 0. The van der Waals surface area contributed by atoms with Gasteiger partial charge in [-0.05, 0) is 91.1 Å². The molecule has 0 nitrogen and oxygen atoms in total. The molecule has 0 heterocycles. The van der Waals surface area contributed by atoms with Crippen LogP contribution in [0.25, 0.3) is 33.4 Å². The van der Waals surface area contributed by atoms with Crippen LogP contribution in [0.2, 0.25) is 0 Å². The van der Waals surface area contributed by atoms with Crippen LogP contribution in [0.5, 0.6) is 0 Å². The maximum Gasteiger partial charge on any atom is 0.180 e. The van der Waals surface area contributed by atoms with Crippen molar-refractivity contribution in [1.29, 1.82) is 0 Å². The number of hydrogen-bond acceptors (Lipinski definition) is 0. The summed E-state index contributed by atoms with van der Waals surface area (Å²) >= 11 is 26.4. The third-order valence-electron chi connectivity index (χ3n) is 9.74. The predicted octanol–water partition coefficient (Wildman–Crippen LogP) is 16.7. The first kappa shape index (κ1) is 42.8. The second-order valence-corrected chi connectivity index (χ2v) is 16.2. The van der Waals surface area contributed by atoms with Crippen LogP contribution in [0.15, 0.2) is 144 Å². The maximum absolute atomic E-state index is 4.81. The van der Waals surface area contributed by atoms with Gasteiger partial charge < -0.3 is 0 Å². The van der Waals surface area contributed by atoms with Crippen molar-refractivity contribution in [3.63, 3.8) is 0 Å². The van der Waals surface area contributed by atoms with E-state index in [9.17, 15) is 0 Å². The monoisotopic (exact) mass is 1000 g/mol. The first-order valence-electron chi connectivity index (χ1n) is 16.7. The average molecular weight is 1010 g/mol. The molecule has 0 saturated carbocycles. The van der Waals surface area contributed by atoms with Gasteiger partial charge in [-0.3, -0.25) is 0 Å². The molecular formula is C45H41Br4Cl3. The van der Waals surface area contributed by atoms with Crippen LogP contribution in [0.3, 0.4) is 0 Å². The molecule has 0 fully saturated rings. The van der Waals surface area contributed by atoms with Gasteiger partial charge in [0.1, 0.15) is 0 Å². The van der Waals surface area contributed by atoms with Crippen LogP contribution < -0.4 is 0 Å². The molecule has 0 unspecified atom stereocenters. The van der Waals surface area contributed by atoms with Crippen LogP contribution in [0, 0.1) is 0 Å². The molecule has 7 heteroatoms. The molecule has 0 N–H and O–H groups in total. The van der Waals surface area contributed by atoms with Gasteiger partial charge in [0.05, 0.1) is 0 Å². The first-order chi connectivity index (χ1) is 25.0. The highest BCUT2D eigenvalue weighted by Gasteiger charge is 2.35. The first-order valence-corrected chi connectivity index (χ1v) is 24.1. The van der Waals surface area contributed by atoms with Gasteiger partial charge in [0.15, 0.2) is 4.30 Å². The predicted molar refractivity (Wildman–Crippen MR) is 244 cm³/mol. The van der Waals surface area contributed by atoms with Crippen molar-refractivity contribution in [3.05, 3.63) is 177 Å². The number of rotatable bonds is 0. The van der Waals surface area contributed by atoms with Gasteiger partial charge in [-0.25, -0.2) is 0 Å². The van der Waals surface area contributed by atoms with Gasteiger partial charge in [0, 0.05) is 43.6 Å². The summed E-state index contributed by atoms with van der Waals surface area (Å²) in [6.07, 6.45) is 1.10. The molecule has 0 atom stereocenters. The minimum absolute atomic E-state index is 0.121. The summed E-state index contributed by atoms with van der Waals surface area (Å²) in [4.78, 5) is 0. The Morgan fingerprint density at radius 2 is 0.731 bits per heavy atom. The Kier molecular flexibility index (Phi) is 16.2. The highest BCUT2D eigenvalue weighted by Crippen LogP contribution is 2.49. The van der Waals surface area contributed by atoms with E-state index in [4.69, 9.17) is 34.8 Å². The number of alkyl halides is 4. The standard InChI is InChI=1S/C15H13Br.C15H14.C13H10.CH3Br.CHCl3.Br2/c1-15(2)13-6-4-3-5-11(13)12-8-7-10(16)9-14(12)15;1-15(2)13-9-5-3-7-11(13)12-8-4-6-10-14(12)15;1-3-7-12-10(5-1)9-11-6-2-4-8-13(11)12;1-2;2-1(3)4;1-2/h3-9H,1-2H3;3-10H,1-2H3;1-8H,9H2;1H3;1H;. The summed E-state index contributed by atoms with van der Waals surface area (Å²) < 4.78 is 0.409. The SMILES string of the molecule is BrBr.CBr.CC1(C)c2ccccc2-c2ccc(Br)cc21.CC1(C)c2ccccc2-c2ccccc21.ClC(Cl)Cl.c1ccc2c(c1)Cc1ccccc1-2. The average Bonchev–Trinajstić information content (AvgIpc) is 3.74. The van der Waals surface area contributed by atoms with Crippen molar-refractivity contribution >= 4 is 94.9 Å². The molecular weight excluding hydrogens is 966 g/mol. The van der Waals surface area contributed by atoms with Crippen molar-refractivity contribution in [2.45, 2.75) is 49.2 Å². The van der Waals surface area contributed by atoms with Crippen molar-refractivity contribution < 1.29 is 0 Å². The number of fused-ring (bicyclic) bond motifs is 9. The van der Waals surface area contributed by atoms with E-state index in [1.807, 2.05) is 5.83 Å². The Bertz CT molecular complexity index is 1990. The number of benzene rings is 6. The highest BCUT2D eigenvalue weighted by molar-refractivity contribution is 9.93. The largest absolute Gasteiger partial charge is 0.180 e. The van der Waals surface area contributed by atoms with Crippen LogP contribution in [-0.2, 0) is 17.3 Å². The van der Waals surface area contributed by atoms with E-state index in [-0.39, 0.29) is 10.8 Å². The van der Waals surface area contributed by atoms with E-state index in [2.05, 4.69) is 227 Å². The second kappa shape index (κ2) is 19.6. The van der Waals surface area contributed by atoms with Crippen molar-refractivity contribution in [2.24, 2.45) is 0 Å². The fourth-order valence-corrected chi connectivity index (χ4v) is 7.79. The topological polar surface area (TPSA) is 0 Å². The summed E-state index contributed by atoms with van der Waals surface area (Å²) in [5, 5.41) is 0. The normalized spacial score (nSPS) is 13.4. The molecule has 6 aromatic carbocycles. The summed E-state index contributed by atoms with van der Waals surface area (Å²) in [6.45, 7) is 9.20. The number of hydrogen-bond donors (Lipinski definition) is 0. The Balaban J connectivity index is 0.000000159. The smallest absolute Gasteiger partial charge is 0.0966 e. The molecule has 3 aliphatic carbocycles. The van der Waals surface area contributed by atoms with Crippen molar-refractivity contribution in [1.82, 2.24) is 0 Å². The minimum atomic E-state index is -0.750. The molecule has 6 aromatic rings. The zero-order chi connectivity index (χ0) is 38.1. The van der Waals surface area contributed by atoms with Gasteiger partial charge >= 0.3 is 0 Å². The van der Waals surface area contributed by atoms with Gasteiger partial charge in [-0.2, -0.15) is 0 Å². The molecule has 0 bridgehead atoms. The molecule has 0 aliphatic heterocycles. The molecule has 3 aliphatic rings. The van der Waals surface area contributed by atoms with Crippen LogP contribution >= 0.6 is 94.9 Å². The van der Waals surface area contributed by atoms with Crippen LogP contribution in [0.1, 0.15) is 61.1 Å². The van der Waals surface area contributed by atoms with E-state index in [1.54, 1.807) is 0 Å². The van der Waals surface area contributed by atoms with Gasteiger partial charge in [0.2, 0.25) is 0 Å². The third kappa shape index (κ3) is 9.48. The zero-order valence-corrected chi connectivity index (χ0v) is 38.3. The van der Waals surface area contributed by atoms with E-state index >= 15 is 0 Å². The van der Waals surface area contributed by atoms with Gasteiger partial charge in [-0.1, -0.05) is 222 Å². The van der Waals surface area contributed by atoms with Gasteiger partial charge in [0.25, 0.3) is 0 Å². The van der Waals surface area contributed by atoms with Gasteiger partial charge in [-0.15, -0.1) is 0 Å². The Labute approximate surface area is 357 Å². The molecule has 0 saturated heterocycles. The zero-order valence-electron chi connectivity index (χ0n) is 29.7. The van der Waals surface area contributed by atoms with E-state index in [0.717, 1.165) is 10.9 Å². The van der Waals surface area contributed by atoms with Crippen molar-refractivity contribution in [2.75, 3.05) is 5.83 Å². The second-order valence-electron chi connectivity index (χ2n) is 13.3. The fraction of sp³-hybridized carbons (Fsp3) is 0.200. The quantitative estimate of drug-likeness (QED) is 0.133. The maximum atomic E-state index is 4.81. The molecule has 52 heavy (non-hydrogen) atoms. The summed E-state index contributed by atoms with van der Waals surface area (Å²) in [6, 6.07) is 50.0. The molecule has 270 valence electrons. The molecule has 0 aromatic heterocycles. The molecule has 9 rings (SSSR count). The lowest BCUT2D eigenvalue weighted by atomic mass is 9.82. The van der Waals surface area contributed by atoms with E-state index in [0.29, 0.717) is 0 Å². The van der Waals surface area contributed by atoms with Crippen LogP contribution in [0.4, 0.5) is 0 Å². The molecule has 0 radical (unpaired) electrons. The van der Waals surface area contributed by atoms with Crippen LogP contribution in [-0.4, -0.2) is 10.1 Å². The van der Waals surface area contributed by atoms with E-state index < -0.39 is 4.30 Å². The summed E-state index contributed by atoms with van der Waals surface area (Å²) in [5.41, 5.74) is 17.4. The fourth-order valence-electron chi connectivity index (χ4n) is 7.43. The van der Waals surface area contributed by atoms with E-state index in [1.165, 1.54) is 66.8 Å².